The average Bonchev–Trinajstić information content (AvgIpc) is 2.74. The summed E-state index contributed by atoms with van der Waals surface area (Å²) in [5.74, 6) is 0.00575. The topological polar surface area (TPSA) is 64.7 Å². The summed E-state index contributed by atoms with van der Waals surface area (Å²) in [6.07, 6.45) is 0.817. The van der Waals surface area contributed by atoms with Crippen LogP contribution in [0.2, 0.25) is 10.0 Å². The number of nitrogens with zero attached hydrogens (tertiary/aromatic N) is 2. The van der Waals surface area contributed by atoms with Crippen molar-refractivity contribution >= 4 is 40.8 Å². The molecular formula is C18H26Cl2N4O2. The van der Waals surface area contributed by atoms with E-state index in [1.165, 1.54) is 0 Å². The first kappa shape index (κ1) is 20.8. The van der Waals surface area contributed by atoms with E-state index in [-0.39, 0.29) is 17.5 Å². The maximum atomic E-state index is 12.5. The van der Waals surface area contributed by atoms with Crippen LogP contribution < -0.4 is 10.6 Å². The molecule has 26 heavy (non-hydrogen) atoms. The predicted octanol–water partition coefficient (Wildman–Crippen LogP) is 3.45. The molecular weight excluding hydrogens is 375 g/mol. The second-order valence-electron chi connectivity index (χ2n) is 7.47. The lowest BCUT2D eigenvalue weighted by Gasteiger charge is -2.25. The van der Waals surface area contributed by atoms with Crippen molar-refractivity contribution in [3.63, 3.8) is 0 Å². The van der Waals surface area contributed by atoms with Gasteiger partial charge in [0.05, 0.1) is 16.6 Å². The van der Waals surface area contributed by atoms with Crippen LogP contribution in [-0.2, 0) is 4.79 Å². The molecule has 8 heteroatoms. The molecule has 1 aromatic carbocycles. The van der Waals surface area contributed by atoms with Crippen LogP contribution in [0.4, 0.5) is 10.5 Å². The minimum Gasteiger partial charge on any atom is -0.350 e. The van der Waals surface area contributed by atoms with Gasteiger partial charge in [0.25, 0.3) is 0 Å². The van der Waals surface area contributed by atoms with Gasteiger partial charge in [-0.05, 0) is 45.4 Å². The number of urea groups is 1. The van der Waals surface area contributed by atoms with E-state index in [0.29, 0.717) is 41.9 Å². The molecule has 0 aliphatic carbocycles. The summed E-state index contributed by atoms with van der Waals surface area (Å²) >= 11 is 11.9. The number of hydrogen-bond acceptors (Lipinski definition) is 3. The highest BCUT2D eigenvalue weighted by molar-refractivity contribution is 6.42. The number of carbonyl (C=O) groups excluding carboxylic acids is 2. The van der Waals surface area contributed by atoms with E-state index in [1.807, 2.05) is 20.8 Å². The number of halogens is 2. The lowest BCUT2D eigenvalue weighted by molar-refractivity contribution is -0.123. The van der Waals surface area contributed by atoms with E-state index in [1.54, 1.807) is 23.1 Å². The Balaban J connectivity index is 1.86. The number of hydrogen-bond donors (Lipinski definition) is 2. The van der Waals surface area contributed by atoms with Crippen LogP contribution in [0.1, 0.15) is 27.2 Å². The number of anilines is 1. The van der Waals surface area contributed by atoms with Crippen LogP contribution in [0.3, 0.4) is 0 Å². The van der Waals surface area contributed by atoms with E-state index >= 15 is 0 Å². The Morgan fingerprint density at radius 1 is 1.08 bits per heavy atom. The van der Waals surface area contributed by atoms with E-state index in [4.69, 9.17) is 23.2 Å². The molecule has 0 aromatic heterocycles. The summed E-state index contributed by atoms with van der Waals surface area (Å²) in [5.41, 5.74) is 0.365. The molecule has 3 amide bonds. The predicted molar refractivity (Wildman–Crippen MR) is 106 cm³/mol. The van der Waals surface area contributed by atoms with Gasteiger partial charge in [0, 0.05) is 37.4 Å². The summed E-state index contributed by atoms with van der Waals surface area (Å²) < 4.78 is 0. The monoisotopic (exact) mass is 400 g/mol. The van der Waals surface area contributed by atoms with E-state index in [9.17, 15) is 9.59 Å². The molecule has 1 heterocycles. The molecule has 144 valence electrons. The van der Waals surface area contributed by atoms with Gasteiger partial charge < -0.3 is 15.5 Å². The molecule has 6 nitrogen and oxygen atoms in total. The third-order valence-electron chi connectivity index (χ3n) is 3.93. The minimum absolute atomic E-state index is 0.00575. The fraction of sp³-hybridized carbons (Fsp3) is 0.556. The SMILES string of the molecule is CC(C)(C)NC(=O)CN1CCCN(C(=O)Nc2ccc(Cl)c(Cl)c2)CC1. The van der Waals surface area contributed by atoms with Crippen molar-refractivity contribution in [2.45, 2.75) is 32.7 Å². The standard InChI is InChI=1S/C18H26Cl2N4O2/c1-18(2,3)22-16(25)12-23-7-4-8-24(10-9-23)17(26)21-13-5-6-14(19)15(20)11-13/h5-6,11H,4,7-10,12H2,1-3H3,(H,21,26)(H,22,25). The summed E-state index contributed by atoms with van der Waals surface area (Å²) in [6.45, 7) is 8.88. The normalized spacial score (nSPS) is 16.1. The molecule has 1 saturated heterocycles. The molecule has 0 atom stereocenters. The molecule has 0 saturated carbocycles. The van der Waals surface area contributed by atoms with Gasteiger partial charge in [-0.2, -0.15) is 0 Å². The second kappa shape index (κ2) is 8.93. The highest BCUT2D eigenvalue weighted by Crippen LogP contribution is 2.25. The van der Waals surface area contributed by atoms with Crippen molar-refractivity contribution in [1.29, 1.82) is 0 Å². The Morgan fingerprint density at radius 3 is 2.46 bits per heavy atom. The van der Waals surface area contributed by atoms with Crippen LogP contribution in [0.25, 0.3) is 0 Å². The zero-order valence-electron chi connectivity index (χ0n) is 15.4. The Morgan fingerprint density at radius 2 is 1.81 bits per heavy atom. The van der Waals surface area contributed by atoms with E-state index < -0.39 is 0 Å². The van der Waals surface area contributed by atoms with Gasteiger partial charge in [-0.1, -0.05) is 23.2 Å². The van der Waals surface area contributed by atoms with Gasteiger partial charge in [0.15, 0.2) is 0 Å². The van der Waals surface area contributed by atoms with Crippen molar-refractivity contribution in [3.05, 3.63) is 28.2 Å². The van der Waals surface area contributed by atoms with Gasteiger partial charge in [0.1, 0.15) is 0 Å². The number of carbonyl (C=O) groups is 2. The maximum Gasteiger partial charge on any atom is 0.321 e. The Kier molecular flexibility index (Phi) is 7.15. The number of nitrogens with one attached hydrogen (secondary N) is 2. The lowest BCUT2D eigenvalue weighted by atomic mass is 10.1. The van der Waals surface area contributed by atoms with Gasteiger partial charge in [-0.25, -0.2) is 4.79 Å². The molecule has 2 rings (SSSR count). The first-order valence-corrected chi connectivity index (χ1v) is 9.44. The summed E-state index contributed by atoms with van der Waals surface area (Å²) in [6, 6.07) is 4.82. The molecule has 0 radical (unpaired) electrons. The first-order chi connectivity index (χ1) is 12.1. The fourth-order valence-corrected chi connectivity index (χ4v) is 3.07. The van der Waals surface area contributed by atoms with Crippen LogP contribution in [-0.4, -0.2) is 60.0 Å². The third-order valence-corrected chi connectivity index (χ3v) is 4.67. The van der Waals surface area contributed by atoms with Crippen LogP contribution in [0, 0.1) is 0 Å². The van der Waals surface area contributed by atoms with Gasteiger partial charge >= 0.3 is 6.03 Å². The minimum atomic E-state index is -0.241. The second-order valence-corrected chi connectivity index (χ2v) is 8.29. The van der Waals surface area contributed by atoms with Crippen molar-refractivity contribution < 1.29 is 9.59 Å². The summed E-state index contributed by atoms with van der Waals surface area (Å²) in [5, 5.41) is 6.65. The quantitative estimate of drug-likeness (QED) is 0.816. The molecule has 2 N–H and O–H groups in total. The molecule has 0 bridgehead atoms. The molecule has 0 spiro atoms. The molecule has 1 aromatic rings. The molecule has 1 aliphatic rings. The smallest absolute Gasteiger partial charge is 0.321 e. The van der Waals surface area contributed by atoms with Crippen LogP contribution in [0.15, 0.2) is 18.2 Å². The zero-order valence-corrected chi connectivity index (χ0v) is 17.0. The Bertz CT molecular complexity index is 661. The Labute approximate surface area is 164 Å². The molecule has 1 aliphatic heterocycles. The highest BCUT2D eigenvalue weighted by atomic mass is 35.5. The lowest BCUT2D eigenvalue weighted by Crippen LogP contribution is -2.46. The Hall–Kier alpha value is -1.50. The van der Waals surface area contributed by atoms with Crippen molar-refractivity contribution in [2.24, 2.45) is 0 Å². The van der Waals surface area contributed by atoms with Crippen molar-refractivity contribution in [2.75, 3.05) is 38.0 Å². The van der Waals surface area contributed by atoms with Gasteiger partial charge in [-0.3, -0.25) is 9.69 Å². The van der Waals surface area contributed by atoms with Gasteiger partial charge in [-0.15, -0.1) is 0 Å². The largest absolute Gasteiger partial charge is 0.350 e. The zero-order chi connectivity index (χ0) is 19.3. The average molecular weight is 401 g/mol. The molecule has 0 unspecified atom stereocenters. The van der Waals surface area contributed by atoms with Crippen molar-refractivity contribution in [1.82, 2.24) is 15.1 Å². The van der Waals surface area contributed by atoms with Crippen molar-refractivity contribution in [3.8, 4) is 0 Å². The number of benzene rings is 1. The van der Waals surface area contributed by atoms with Crippen LogP contribution >= 0.6 is 23.2 Å². The maximum absolute atomic E-state index is 12.5. The first-order valence-electron chi connectivity index (χ1n) is 8.68. The molecule has 1 fully saturated rings. The van der Waals surface area contributed by atoms with E-state index in [0.717, 1.165) is 13.0 Å². The van der Waals surface area contributed by atoms with Crippen LogP contribution in [0.5, 0.6) is 0 Å². The number of amides is 3. The summed E-state index contributed by atoms with van der Waals surface area (Å²) in [7, 11) is 0. The third kappa shape index (κ3) is 6.67. The van der Waals surface area contributed by atoms with E-state index in [2.05, 4.69) is 15.5 Å². The fourth-order valence-electron chi connectivity index (χ4n) is 2.77. The number of rotatable bonds is 3. The summed E-state index contributed by atoms with van der Waals surface area (Å²) in [4.78, 5) is 28.4. The van der Waals surface area contributed by atoms with Gasteiger partial charge in [0.2, 0.25) is 5.91 Å². The highest BCUT2D eigenvalue weighted by Gasteiger charge is 2.22.